The van der Waals surface area contributed by atoms with Gasteiger partial charge in [-0.15, -0.1) is 0 Å². The van der Waals surface area contributed by atoms with Gasteiger partial charge in [0.2, 0.25) is 0 Å². The van der Waals surface area contributed by atoms with Crippen molar-refractivity contribution in [3.8, 4) is 0 Å². The molecule has 2 rings (SSSR count). The molecule has 0 radical (unpaired) electrons. The molecule has 1 aliphatic rings. The van der Waals surface area contributed by atoms with E-state index in [1.165, 1.54) is 12.1 Å². The summed E-state index contributed by atoms with van der Waals surface area (Å²) in [5, 5.41) is 18.8. The van der Waals surface area contributed by atoms with E-state index in [1.807, 2.05) is 4.90 Å². The van der Waals surface area contributed by atoms with Gasteiger partial charge < -0.3 is 15.1 Å². The summed E-state index contributed by atoms with van der Waals surface area (Å²) >= 11 is 5.84. The Balaban J connectivity index is 2.41. The molecule has 98 valence electrons. The number of nitrogens with zero attached hydrogens (tertiary/aromatic N) is 2. The number of pyridine rings is 1. The molecular formula is C12H15ClN2O3. The van der Waals surface area contributed by atoms with Gasteiger partial charge in [0.15, 0.2) is 0 Å². The molecular weight excluding hydrogens is 256 g/mol. The largest absolute Gasteiger partial charge is 0.478 e. The fraction of sp³-hybridized carbons (Fsp3) is 0.500. The van der Waals surface area contributed by atoms with Gasteiger partial charge in [-0.1, -0.05) is 11.6 Å². The van der Waals surface area contributed by atoms with E-state index < -0.39 is 5.97 Å². The second-order valence-electron chi connectivity index (χ2n) is 4.34. The van der Waals surface area contributed by atoms with Crippen LogP contribution in [-0.2, 0) is 0 Å². The normalized spacial score (nSPS) is 19.9. The number of halogens is 1. The Bertz CT molecular complexity index is 453. The maximum atomic E-state index is 11.2. The van der Waals surface area contributed by atoms with Crippen molar-refractivity contribution in [3.63, 3.8) is 0 Å². The molecule has 18 heavy (non-hydrogen) atoms. The first-order valence-electron chi connectivity index (χ1n) is 5.91. The van der Waals surface area contributed by atoms with Crippen molar-refractivity contribution in [2.45, 2.75) is 25.3 Å². The smallest absolute Gasteiger partial charge is 0.339 e. The Kier molecular flexibility index (Phi) is 4.04. The molecule has 5 nitrogen and oxygen atoms in total. The quantitative estimate of drug-likeness (QED) is 0.819. The van der Waals surface area contributed by atoms with Crippen LogP contribution in [0, 0.1) is 0 Å². The number of hydrogen-bond donors (Lipinski definition) is 2. The van der Waals surface area contributed by atoms with E-state index in [-0.39, 0.29) is 23.4 Å². The molecule has 0 aromatic carbocycles. The summed E-state index contributed by atoms with van der Waals surface area (Å²) in [6.07, 6.45) is 2.83. The molecule has 1 fully saturated rings. The molecule has 1 aromatic rings. The molecule has 1 aliphatic heterocycles. The van der Waals surface area contributed by atoms with Crippen LogP contribution >= 0.6 is 11.6 Å². The SMILES string of the molecule is O=C(O)c1ccc(Cl)nc1N1CCCCC1CO. The van der Waals surface area contributed by atoms with Crippen LogP contribution in [0.3, 0.4) is 0 Å². The predicted molar refractivity (Wildman–Crippen MR) is 68.3 cm³/mol. The molecule has 1 aromatic heterocycles. The van der Waals surface area contributed by atoms with Crippen LogP contribution in [0.25, 0.3) is 0 Å². The summed E-state index contributed by atoms with van der Waals surface area (Å²) in [7, 11) is 0. The number of rotatable bonds is 3. The standard InChI is InChI=1S/C12H15ClN2O3/c13-10-5-4-9(12(17)18)11(14-10)15-6-2-1-3-8(15)7-16/h4-5,8,16H,1-3,6-7H2,(H,17,18). The zero-order valence-electron chi connectivity index (χ0n) is 9.84. The van der Waals surface area contributed by atoms with Crippen molar-refractivity contribution in [3.05, 3.63) is 22.8 Å². The van der Waals surface area contributed by atoms with Crippen LogP contribution in [0.1, 0.15) is 29.6 Å². The van der Waals surface area contributed by atoms with Crippen LogP contribution in [-0.4, -0.2) is 40.4 Å². The number of carbonyl (C=O) groups is 1. The molecule has 1 unspecified atom stereocenters. The van der Waals surface area contributed by atoms with Crippen LogP contribution in [0.2, 0.25) is 5.15 Å². The minimum absolute atomic E-state index is 0.00669. The van der Waals surface area contributed by atoms with Gasteiger partial charge >= 0.3 is 5.97 Å². The second kappa shape index (κ2) is 5.54. The van der Waals surface area contributed by atoms with E-state index in [2.05, 4.69) is 4.98 Å². The average molecular weight is 271 g/mol. The number of aliphatic hydroxyl groups is 1. The number of carboxylic acids is 1. The van der Waals surface area contributed by atoms with E-state index in [0.717, 1.165) is 19.3 Å². The lowest BCUT2D eigenvalue weighted by Crippen LogP contribution is -2.43. The van der Waals surface area contributed by atoms with Crippen molar-refractivity contribution in [2.24, 2.45) is 0 Å². The fourth-order valence-corrected chi connectivity index (χ4v) is 2.42. The molecule has 0 spiro atoms. The number of piperidine rings is 1. The fourth-order valence-electron chi connectivity index (χ4n) is 2.28. The molecule has 2 heterocycles. The highest BCUT2D eigenvalue weighted by molar-refractivity contribution is 6.29. The predicted octanol–water partition coefficient (Wildman–Crippen LogP) is 1.78. The topological polar surface area (TPSA) is 73.7 Å². The van der Waals surface area contributed by atoms with Crippen LogP contribution in [0.15, 0.2) is 12.1 Å². The minimum atomic E-state index is -1.03. The Morgan fingerprint density at radius 3 is 2.94 bits per heavy atom. The summed E-state index contributed by atoms with van der Waals surface area (Å²) in [4.78, 5) is 17.2. The van der Waals surface area contributed by atoms with Crippen molar-refractivity contribution in [1.82, 2.24) is 4.98 Å². The Morgan fingerprint density at radius 1 is 1.50 bits per heavy atom. The van der Waals surface area contributed by atoms with Gasteiger partial charge in [-0.25, -0.2) is 9.78 Å². The highest BCUT2D eigenvalue weighted by Crippen LogP contribution is 2.27. The number of aliphatic hydroxyl groups excluding tert-OH is 1. The van der Waals surface area contributed by atoms with Gasteiger partial charge in [-0.3, -0.25) is 0 Å². The molecule has 0 saturated carbocycles. The zero-order chi connectivity index (χ0) is 13.1. The maximum absolute atomic E-state index is 11.2. The van der Waals surface area contributed by atoms with Gasteiger partial charge in [-0.2, -0.15) is 0 Å². The summed E-state index contributed by atoms with van der Waals surface area (Å²) < 4.78 is 0. The molecule has 2 N–H and O–H groups in total. The number of aromatic carboxylic acids is 1. The van der Waals surface area contributed by atoms with E-state index in [4.69, 9.17) is 11.6 Å². The minimum Gasteiger partial charge on any atom is -0.478 e. The van der Waals surface area contributed by atoms with Crippen molar-refractivity contribution >= 4 is 23.4 Å². The second-order valence-corrected chi connectivity index (χ2v) is 4.72. The van der Waals surface area contributed by atoms with E-state index in [1.54, 1.807) is 0 Å². The molecule has 1 saturated heterocycles. The first kappa shape index (κ1) is 13.1. The molecule has 6 heteroatoms. The monoisotopic (exact) mass is 270 g/mol. The third-order valence-electron chi connectivity index (χ3n) is 3.18. The Hall–Kier alpha value is -1.33. The van der Waals surface area contributed by atoms with Gasteiger partial charge in [0.1, 0.15) is 16.5 Å². The van der Waals surface area contributed by atoms with Crippen molar-refractivity contribution in [2.75, 3.05) is 18.1 Å². The van der Waals surface area contributed by atoms with Crippen molar-refractivity contribution < 1.29 is 15.0 Å². The van der Waals surface area contributed by atoms with Gasteiger partial charge in [-0.05, 0) is 31.4 Å². The van der Waals surface area contributed by atoms with E-state index >= 15 is 0 Å². The Labute approximate surface area is 110 Å². The summed E-state index contributed by atoms with van der Waals surface area (Å²) in [6.45, 7) is 0.687. The third-order valence-corrected chi connectivity index (χ3v) is 3.39. The lowest BCUT2D eigenvalue weighted by molar-refractivity contribution is 0.0696. The van der Waals surface area contributed by atoms with Crippen molar-refractivity contribution in [1.29, 1.82) is 0 Å². The molecule has 0 aliphatic carbocycles. The van der Waals surface area contributed by atoms with Crippen LogP contribution < -0.4 is 4.90 Å². The first-order valence-corrected chi connectivity index (χ1v) is 6.28. The van der Waals surface area contributed by atoms with Gasteiger partial charge in [0.25, 0.3) is 0 Å². The summed E-state index contributed by atoms with van der Waals surface area (Å²) in [5.41, 5.74) is 0.125. The van der Waals surface area contributed by atoms with Crippen LogP contribution in [0.4, 0.5) is 5.82 Å². The lowest BCUT2D eigenvalue weighted by atomic mass is 10.0. The highest BCUT2D eigenvalue weighted by Gasteiger charge is 2.26. The van der Waals surface area contributed by atoms with Gasteiger partial charge in [0.05, 0.1) is 12.6 Å². The maximum Gasteiger partial charge on any atom is 0.339 e. The zero-order valence-corrected chi connectivity index (χ0v) is 10.6. The number of anilines is 1. The molecule has 0 bridgehead atoms. The van der Waals surface area contributed by atoms with E-state index in [0.29, 0.717) is 12.4 Å². The summed E-state index contributed by atoms with van der Waals surface area (Å²) in [5.74, 6) is -0.676. The third kappa shape index (κ3) is 2.57. The molecule has 0 amide bonds. The Morgan fingerprint density at radius 2 is 2.28 bits per heavy atom. The molecule has 1 atom stereocenters. The summed E-state index contributed by atoms with van der Waals surface area (Å²) in [6, 6.07) is 2.84. The number of hydrogen-bond acceptors (Lipinski definition) is 4. The van der Waals surface area contributed by atoms with Gasteiger partial charge in [0, 0.05) is 6.54 Å². The number of carboxylic acid groups (broad SMARTS) is 1. The average Bonchev–Trinajstić information content (AvgIpc) is 2.38. The highest BCUT2D eigenvalue weighted by atomic mass is 35.5. The van der Waals surface area contributed by atoms with E-state index in [9.17, 15) is 15.0 Å². The first-order chi connectivity index (χ1) is 8.63. The van der Waals surface area contributed by atoms with Crippen LogP contribution in [0.5, 0.6) is 0 Å². The number of aromatic nitrogens is 1. The lowest BCUT2D eigenvalue weighted by Gasteiger charge is -2.36.